The van der Waals surface area contributed by atoms with Gasteiger partial charge in [-0.25, -0.2) is 9.37 Å². The molecule has 0 saturated carbocycles. The van der Waals surface area contributed by atoms with Crippen LogP contribution in [-0.2, 0) is 16.0 Å². The van der Waals surface area contributed by atoms with Crippen molar-refractivity contribution >= 4 is 16.9 Å². The number of fused-ring (bicyclic) bond motifs is 1. The molecule has 0 spiro atoms. The van der Waals surface area contributed by atoms with E-state index >= 15 is 0 Å². The molecule has 1 amide bonds. The Labute approximate surface area is 144 Å². The molecule has 0 radical (unpaired) electrons. The van der Waals surface area contributed by atoms with E-state index in [0.717, 1.165) is 10.9 Å². The van der Waals surface area contributed by atoms with Crippen LogP contribution in [0.25, 0.3) is 22.2 Å². The average Bonchev–Trinajstić information content (AvgIpc) is 3.05. The van der Waals surface area contributed by atoms with Crippen molar-refractivity contribution in [3.63, 3.8) is 0 Å². The van der Waals surface area contributed by atoms with E-state index in [4.69, 9.17) is 4.74 Å². The second-order valence-corrected chi connectivity index (χ2v) is 6.08. The minimum absolute atomic E-state index is 0.0699. The lowest BCUT2D eigenvalue weighted by molar-refractivity contribution is -0.134. The van der Waals surface area contributed by atoms with Gasteiger partial charge in [-0.2, -0.15) is 0 Å². The van der Waals surface area contributed by atoms with Crippen LogP contribution in [0, 0.1) is 5.82 Å². The minimum atomic E-state index is -0.287. The lowest BCUT2D eigenvalue weighted by Crippen LogP contribution is -2.41. The van der Waals surface area contributed by atoms with E-state index in [2.05, 4.69) is 9.97 Å². The highest BCUT2D eigenvalue weighted by atomic mass is 19.1. The maximum Gasteiger partial charge on any atom is 0.227 e. The Hall–Kier alpha value is -2.73. The van der Waals surface area contributed by atoms with E-state index in [1.807, 2.05) is 11.0 Å². The van der Waals surface area contributed by atoms with Crippen LogP contribution in [0.15, 0.2) is 42.7 Å². The molecule has 0 unspecified atom stereocenters. The summed E-state index contributed by atoms with van der Waals surface area (Å²) in [5.41, 5.74) is 2.77. The third kappa shape index (κ3) is 3.13. The minimum Gasteiger partial charge on any atom is -0.378 e. The predicted molar refractivity (Wildman–Crippen MR) is 92.6 cm³/mol. The van der Waals surface area contributed by atoms with Gasteiger partial charge in [0.25, 0.3) is 0 Å². The van der Waals surface area contributed by atoms with Gasteiger partial charge in [-0.3, -0.25) is 4.79 Å². The van der Waals surface area contributed by atoms with E-state index in [0.29, 0.717) is 49.5 Å². The van der Waals surface area contributed by atoms with Crippen molar-refractivity contribution < 1.29 is 13.9 Å². The van der Waals surface area contributed by atoms with Crippen molar-refractivity contribution in [2.75, 3.05) is 26.3 Å². The number of carbonyl (C=O) groups excluding carboxylic acids is 1. The van der Waals surface area contributed by atoms with Crippen LogP contribution in [0.2, 0.25) is 0 Å². The Morgan fingerprint density at radius 1 is 1.28 bits per heavy atom. The summed E-state index contributed by atoms with van der Waals surface area (Å²) in [5, 5.41) is 0.849. The fraction of sp³-hybridized carbons (Fsp3) is 0.263. The SMILES string of the molecule is O=C(Cc1c[nH]c2ncc(-c3ccccc3F)cc12)N1CCOCC1. The topological polar surface area (TPSA) is 58.2 Å². The number of benzene rings is 1. The van der Waals surface area contributed by atoms with Crippen LogP contribution in [0.5, 0.6) is 0 Å². The number of H-pyrrole nitrogens is 1. The summed E-state index contributed by atoms with van der Waals surface area (Å²) in [6.07, 6.45) is 3.74. The molecule has 4 rings (SSSR count). The molecule has 2 aromatic heterocycles. The highest BCUT2D eigenvalue weighted by Gasteiger charge is 2.19. The van der Waals surface area contributed by atoms with Gasteiger partial charge in [-0.15, -0.1) is 0 Å². The fourth-order valence-corrected chi connectivity index (χ4v) is 3.13. The monoisotopic (exact) mass is 339 g/mol. The normalized spacial score (nSPS) is 14.8. The number of amides is 1. The van der Waals surface area contributed by atoms with Crippen molar-refractivity contribution in [1.82, 2.24) is 14.9 Å². The lowest BCUT2D eigenvalue weighted by atomic mass is 10.0. The number of pyridine rings is 1. The number of ether oxygens (including phenoxy) is 1. The van der Waals surface area contributed by atoms with E-state index < -0.39 is 0 Å². The van der Waals surface area contributed by atoms with Gasteiger partial charge in [0.05, 0.1) is 19.6 Å². The molecule has 1 aliphatic heterocycles. The standard InChI is InChI=1S/C19H18FN3O2/c20-17-4-2-1-3-15(17)13-9-16-14(12-22-19(16)21-11-13)10-18(24)23-5-7-25-8-6-23/h1-4,9,11-12H,5-8,10H2,(H,21,22). The van der Waals surface area contributed by atoms with Gasteiger partial charge in [0, 0.05) is 42.0 Å². The van der Waals surface area contributed by atoms with Gasteiger partial charge in [-0.05, 0) is 17.7 Å². The number of halogens is 1. The second-order valence-electron chi connectivity index (χ2n) is 6.08. The van der Waals surface area contributed by atoms with Crippen LogP contribution in [-0.4, -0.2) is 47.1 Å². The Balaban J connectivity index is 1.65. The third-order valence-electron chi connectivity index (χ3n) is 4.51. The first-order valence-corrected chi connectivity index (χ1v) is 8.29. The smallest absolute Gasteiger partial charge is 0.227 e. The lowest BCUT2D eigenvalue weighted by Gasteiger charge is -2.26. The summed E-state index contributed by atoms with van der Waals surface area (Å²) in [5.74, 6) is -0.217. The second kappa shape index (κ2) is 6.64. The molecule has 25 heavy (non-hydrogen) atoms. The molecular weight excluding hydrogens is 321 g/mol. The number of hydrogen-bond donors (Lipinski definition) is 1. The molecular formula is C19H18FN3O2. The first kappa shape index (κ1) is 15.8. The van der Waals surface area contributed by atoms with E-state index in [1.54, 1.807) is 30.6 Å². The van der Waals surface area contributed by atoms with Crippen molar-refractivity contribution in [2.45, 2.75) is 6.42 Å². The summed E-state index contributed by atoms with van der Waals surface area (Å²) in [6, 6.07) is 8.50. The first-order valence-electron chi connectivity index (χ1n) is 8.29. The number of rotatable bonds is 3. The number of carbonyl (C=O) groups is 1. The largest absolute Gasteiger partial charge is 0.378 e. The van der Waals surface area contributed by atoms with Crippen molar-refractivity contribution in [3.05, 3.63) is 54.1 Å². The number of nitrogens with one attached hydrogen (secondary N) is 1. The fourth-order valence-electron chi connectivity index (χ4n) is 3.13. The van der Waals surface area contributed by atoms with Crippen molar-refractivity contribution in [3.8, 4) is 11.1 Å². The summed E-state index contributed by atoms with van der Waals surface area (Å²) >= 11 is 0. The summed E-state index contributed by atoms with van der Waals surface area (Å²) in [7, 11) is 0. The molecule has 1 fully saturated rings. The Bertz CT molecular complexity index is 916. The molecule has 5 nitrogen and oxygen atoms in total. The Kier molecular flexibility index (Phi) is 4.19. The molecule has 1 N–H and O–H groups in total. The number of aromatic amines is 1. The molecule has 0 aliphatic carbocycles. The molecule has 1 saturated heterocycles. The van der Waals surface area contributed by atoms with Crippen LogP contribution in [0.3, 0.4) is 0 Å². The Morgan fingerprint density at radius 2 is 2.08 bits per heavy atom. The average molecular weight is 339 g/mol. The molecule has 1 aromatic carbocycles. The third-order valence-corrected chi connectivity index (χ3v) is 4.51. The molecule has 0 bridgehead atoms. The van der Waals surface area contributed by atoms with Gasteiger partial charge in [-0.1, -0.05) is 18.2 Å². The van der Waals surface area contributed by atoms with E-state index in [1.165, 1.54) is 6.07 Å². The van der Waals surface area contributed by atoms with E-state index in [-0.39, 0.29) is 11.7 Å². The number of aromatic nitrogens is 2. The molecule has 6 heteroatoms. The van der Waals surface area contributed by atoms with Crippen molar-refractivity contribution in [2.24, 2.45) is 0 Å². The summed E-state index contributed by atoms with van der Waals surface area (Å²) < 4.78 is 19.3. The highest BCUT2D eigenvalue weighted by Crippen LogP contribution is 2.27. The zero-order valence-corrected chi connectivity index (χ0v) is 13.7. The van der Waals surface area contributed by atoms with Gasteiger partial charge >= 0.3 is 0 Å². The molecule has 3 aromatic rings. The maximum absolute atomic E-state index is 14.0. The summed E-state index contributed by atoms with van der Waals surface area (Å²) in [6.45, 7) is 2.41. The number of hydrogen-bond acceptors (Lipinski definition) is 3. The van der Waals surface area contributed by atoms with Crippen LogP contribution < -0.4 is 0 Å². The van der Waals surface area contributed by atoms with Crippen LogP contribution in [0.1, 0.15) is 5.56 Å². The molecule has 3 heterocycles. The zero-order chi connectivity index (χ0) is 17.2. The van der Waals surface area contributed by atoms with Gasteiger partial charge in [0.2, 0.25) is 5.91 Å². The predicted octanol–water partition coefficient (Wildman–Crippen LogP) is 2.77. The van der Waals surface area contributed by atoms with Gasteiger partial charge in [0.15, 0.2) is 0 Å². The van der Waals surface area contributed by atoms with Crippen LogP contribution >= 0.6 is 0 Å². The number of morpholine rings is 1. The van der Waals surface area contributed by atoms with Crippen molar-refractivity contribution in [1.29, 1.82) is 0 Å². The molecule has 0 atom stereocenters. The zero-order valence-electron chi connectivity index (χ0n) is 13.7. The molecule has 1 aliphatic rings. The highest BCUT2D eigenvalue weighted by molar-refractivity contribution is 5.89. The number of nitrogens with zero attached hydrogens (tertiary/aromatic N) is 2. The van der Waals surface area contributed by atoms with Crippen LogP contribution in [0.4, 0.5) is 4.39 Å². The molecule has 128 valence electrons. The quantitative estimate of drug-likeness (QED) is 0.798. The Morgan fingerprint density at radius 3 is 2.88 bits per heavy atom. The summed E-state index contributed by atoms with van der Waals surface area (Å²) in [4.78, 5) is 21.8. The van der Waals surface area contributed by atoms with Gasteiger partial charge < -0.3 is 14.6 Å². The van der Waals surface area contributed by atoms with Gasteiger partial charge in [0.1, 0.15) is 11.5 Å². The van der Waals surface area contributed by atoms with E-state index in [9.17, 15) is 9.18 Å². The maximum atomic E-state index is 14.0. The first-order chi connectivity index (χ1) is 12.2.